The monoisotopic (exact) mass is 621 g/mol. The average molecular weight is 622 g/mol. The van der Waals surface area contributed by atoms with Gasteiger partial charge in [0.25, 0.3) is 11.1 Å². The molecular formula is C25H17ClINO6S. The average Bonchev–Trinajstić information content (AvgIpc) is 3.10. The number of carboxylic acids is 1. The number of carboxylic acid groups (broad SMARTS) is 1. The highest BCUT2D eigenvalue weighted by atomic mass is 127. The fraction of sp³-hybridized carbons (Fsp3) is 0.0800. The number of hydrogen-bond donors (Lipinski definition) is 1. The summed E-state index contributed by atoms with van der Waals surface area (Å²) in [7, 11) is 1.50. The van der Waals surface area contributed by atoms with Crippen LogP contribution < -0.4 is 14.4 Å². The van der Waals surface area contributed by atoms with Crippen molar-refractivity contribution in [2.45, 2.75) is 6.61 Å². The van der Waals surface area contributed by atoms with E-state index in [0.29, 0.717) is 33.3 Å². The number of hydrogen-bond acceptors (Lipinski definition) is 6. The Kier molecular flexibility index (Phi) is 7.68. The molecule has 0 radical (unpaired) electrons. The summed E-state index contributed by atoms with van der Waals surface area (Å²) in [5.74, 6) is -0.525. The lowest BCUT2D eigenvalue weighted by molar-refractivity contribution is -0.113. The van der Waals surface area contributed by atoms with Crippen molar-refractivity contribution >= 4 is 74.8 Å². The number of thioether (sulfide) groups is 1. The van der Waals surface area contributed by atoms with Gasteiger partial charge in [0.1, 0.15) is 6.61 Å². The molecule has 4 rings (SSSR count). The van der Waals surface area contributed by atoms with E-state index in [9.17, 15) is 19.5 Å². The third-order valence-corrected chi connectivity index (χ3v) is 6.87. The predicted octanol–water partition coefficient (Wildman–Crippen LogP) is 6.47. The van der Waals surface area contributed by atoms with Crippen molar-refractivity contribution in [3.05, 3.63) is 90.9 Å². The van der Waals surface area contributed by atoms with Crippen LogP contribution in [0.5, 0.6) is 11.5 Å². The Morgan fingerprint density at radius 2 is 1.91 bits per heavy atom. The van der Waals surface area contributed by atoms with E-state index in [1.165, 1.54) is 13.2 Å². The molecule has 1 aliphatic heterocycles. The van der Waals surface area contributed by atoms with Crippen LogP contribution in [0.4, 0.5) is 10.5 Å². The van der Waals surface area contributed by atoms with Gasteiger partial charge in [-0.25, -0.2) is 9.69 Å². The summed E-state index contributed by atoms with van der Waals surface area (Å²) in [6, 6.07) is 16.6. The molecule has 35 heavy (non-hydrogen) atoms. The summed E-state index contributed by atoms with van der Waals surface area (Å²) in [5.41, 5.74) is 1.94. The van der Waals surface area contributed by atoms with Crippen LogP contribution in [0, 0.1) is 3.57 Å². The first-order valence-corrected chi connectivity index (χ1v) is 12.4. The summed E-state index contributed by atoms with van der Waals surface area (Å²) in [6.45, 7) is 0.144. The van der Waals surface area contributed by atoms with E-state index in [2.05, 4.69) is 22.6 Å². The van der Waals surface area contributed by atoms with E-state index in [-0.39, 0.29) is 17.1 Å². The quantitative estimate of drug-likeness (QED) is 0.239. The lowest BCUT2D eigenvalue weighted by Gasteiger charge is -2.14. The summed E-state index contributed by atoms with van der Waals surface area (Å²) in [4.78, 5) is 38.0. The lowest BCUT2D eigenvalue weighted by atomic mass is 10.1. The molecule has 7 nitrogen and oxygen atoms in total. The van der Waals surface area contributed by atoms with E-state index in [4.69, 9.17) is 21.1 Å². The van der Waals surface area contributed by atoms with Gasteiger partial charge >= 0.3 is 5.97 Å². The molecule has 178 valence electrons. The first-order chi connectivity index (χ1) is 16.8. The predicted molar refractivity (Wildman–Crippen MR) is 143 cm³/mol. The Hall–Kier alpha value is -3.02. The summed E-state index contributed by atoms with van der Waals surface area (Å²) in [6.07, 6.45) is 1.63. The third-order valence-electron chi connectivity index (χ3n) is 4.97. The van der Waals surface area contributed by atoms with Crippen molar-refractivity contribution in [3.63, 3.8) is 0 Å². The number of carbonyl (C=O) groups is 3. The third kappa shape index (κ3) is 5.63. The van der Waals surface area contributed by atoms with Crippen LogP contribution in [0.25, 0.3) is 6.08 Å². The number of halogens is 2. The molecule has 1 saturated heterocycles. The van der Waals surface area contributed by atoms with Crippen LogP contribution >= 0.6 is 46.0 Å². The second-order valence-corrected chi connectivity index (χ2v) is 9.92. The number of amides is 2. The van der Waals surface area contributed by atoms with E-state index in [0.717, 1.165) is 20.2 Å². The minimum Gasteiger partial charge on any atom is -0.493 e. The Morgan fingerprint density at radius 3 is 2.63 bits per heavy atom. The smallest absolute Gasteiger partial charge is 0.335 e. The van der Waals surface area contributed by atoms with Gasteiger partial charge in [-0.15, -0.1) is 0 Å². The van der Waals surface area contributed by atoms with Crippen LogP contribution in [0.3, 0.4) is 0 Å². The van der Waals surface area contributed by atoms with Gasteiger partial charge in [0, 0.05) is 5.02 Å². The van der Waals surface area contributed by atoms with Gasteiger partial charge in [0.05, 0.1) is 26.8 Å². The maximum absolute atomic E-state index is 12.9. The molecule has 0 atom stereocenters. The lowest BCUT2D eigenvalue weighted by Crippen LogP contribution is -2.27. The molecule has 0 spiro atoms. The number of rotatable bonds is 7. The number of carbonyl (C=O) groups excluding carboxylic acids is 2. The summed E-state index contributed by atoms with van der Waals surface area (Å²) < 4.78 is 12.2. The van der Waals surface area contributed by atoms with Crippen LogP contribution in [-0.2, 0) is 11.4 Å². The molecule has 1 fully saturated rings. The molecule has 10 heteroatoms. The van der Waals surface area contributed by atoms with Crippen LogP contribution in [-0.4, -0.2) is 29.3 Å². The SMILES string of the molecule is COc1cc(/C=C2/SC(=O)N(c3cccc(Cl)c3)C2=O)cc(I)c1OCc1cccc(C(=O)O)c1. The molecule has 0 unspecified atom stereocenters. The molecule has 3 aromatic carbocycles. The zero-order valence-electron chi connectivity index (χ0n) is 18.2. The first kappa shape index (κ1) is 25.1. The number of anilines is 1. The topological polar surface area (TPSA) is 93.1 Å². The second kappa shape index (κ2) is 10.7. The molecule has 0 saturated carbocycles. The highest BCUT2D eigenvalue weighted by Gasteiger charge is 2.36. The van der Waals surface area contributed by atoms with E-state index < -0.39 is 17.1 Å². The number of methoxy groups -OCH3 is 1. The molecular weight excluding hydrogens is 605 g/mol. The van der Waals surface area contributed by atoms with Gasteiger partial charge in [-0.05, 0) is 94.0 Å². The standard InChI is InChI=1S/C25H17ClINO6S/c1-33-20-10-15(9-19(27)22(20)34-13-14-4-2-5-16(8-14)24(30)31)11-21-23(29)28(25(32)35-21)18-7-3-6-17(26)12-18/h2-12H,13H2,1H3,(H,30,31)/b21-11+. The van der Waals surface area contributed by atoms with Crippen LogP contribution in [0.1, 0.15) is 21.5 Å². The maximum atomic E-state index is 12.9. The Balaban J connectivity index is 1.57. The van der Waals surface area contributed by atoms with Crippen molar-refractivity contribution in [1.29, 1.82) is 0 Å². The van der Waals surface area contributed by atoms with Gasteiger partial charge in [-0.2, -0.15) is 0 Å². The highest BCUT2D eigenvalue weighted by Crippen LogP contribution is 2.39. The molecule has 3 aromatic rings. The molecule has 1 aliphatic rings. The van der Waals surface area contributed by atoms with E-state index in [1.54, 1.807) is 60.7 Å². The molecule has 2 amide bonds. The molecule has 1 N–H and O–H groups in total. The fourth-order valence-corrected chi connectivity index (χ4v) is 5.18. The molecule has 0 aliphatic carbocycles. The molecule has 1 heterocycles. The highest BCUT2D eigenvalue weighted by molar-refractivity contribution is 14.1. The number of imide groups is 1. The first-order valence-electron chi connectivity index (χ1n) is 10.1. The van der Waals surface area contributed by atoms with Crippen molar-refractivity contribution in [2.75, 3.05) is 12.0 Å². The molecule has 0 bridgehead atoms. The van der Waals surface area contributed by atoms with Gasteiger partial charge in [0.2, 0.25) is 0 Å². The summed E-state index contributed by atoms with van der Waals surface area (Å²) in [5, 5.41) is 9.19. The van der Waals surface area contributed by atoms with Crippen molar-refractivity contribution in [1.82, 2.24) is 0 Å². The number of nitrogens with zero attached hydrogens (tertiary/aromatic N) is 1. The van der Waals surface area contributed by atoms with Gasteiger partial charge in [-0.3, -0.25) is 9.59 Å². The van der Waals surface area contributed by atoms with Crippen molar-refractivity contribution in [3.8, 4) is 11.5 Å². The minimum atomic E-state index is -1.01. The Labute approximate surface area is 223 Å². The minimum absolute atomic E-state index is 0.144. The maximum Gasteiger partial charge on any atom is 0.335 e. The van der Waals surface area contributed by atoms with Gasteiger partial charge in [0.15, 0.2) is 11.5 Å². The Bertz CT molecular complexity index is 1380. The van der Waals surface area contributed by atoms with E-state index >= 15 is 0 Å². The zero-order chi connectivity index (χ0) is 25.1. The number of benzene rings is 3. The zero-order valence-corrected chi connectivity index (χ0v) is 21.9. The fourth-order valence-electron chi connectivity index (χ4n) is 3.37. The normalized spacial score (nSPS) is 14.5. The van der Waals surface area contributed by atoms with E-state index in [1.807, 2.05) is 0 Å². The summed E-state index contributed by atoms with van der Waals surface area (Å²) >= 11 is 8.95. The Morgan fingerprint density at radius 1 is 1.14 bits per heavy atom. The second-order valence-electron chi connectivity index (χ2n) is 7.33. The van der Waals surface area contributed by atoms with Crippen molar-refractivity contribution in [2.24, 2.45) is 0 Å². The van der Waals surface area contributed by atoms with Gasteiger partial charge < -0.3 is 14.6 Å². The van der Waals surface area contributed by atoms with Crippen LogP contribution in [0.15, 0.2) is 65.6 Å². The van der Waals surface area contributed by atoms with Crippen LogP contribution in [0.2, 0.25) is 5.02 Å². The van der Waals surface area contributed by atoms with Crippen molar-refractivity contribution < 1.29 is 29.0 Å². The molecule has 0 aromatic heterocycles. The number of aromatic carboxylic acids is 1. The van der Waals surface area contributed by atoms with Gasteiger partial charge in [-0.1, -0.05) is 29.8 Å². The largest absolute Gasteiger partial charge is 0.493 e. The number of ether oxygens (including phenoxy) is 2.